The Morgan fingerprint density at radius 3 is 2.89 bits per heavy atom. The van der Waals surface area contributed by atoms with Crippen LogP contribution in [0.5, 0.6) is 0 Å². The normalized spacial score (nSPS) is 36.6. The fraction of sp³-hybridized carbons (Fsp3) is 0.933. The lowest BCUT2D eigenvalue weighted by Crippen LogP contribution is -2.48. The molecule has 1 saturated carbocycles. The van der Waals surface area contributed by atoms with Crippen molar-refractivity contribution in [1.82, 2.24) is 10.6 Å². The van der Waals surface area contributed by atoms with E-state index in [-0.39, 0.29) is 5.41 Å². The Hall–Kier alpha value is -0.570. The number of hydrogen-bond donors (Lipinski definition) is 2. The van der Waals surface area contributed by atoms with Gasteiger partial charge in [0.05, 0.1) is 5.41 Å². The highest BCUT2D eigenvalue weighted by molar-refractivity contribution is 5.83. The Kier molecular flexibility index (Phi) is 4.66. The summed E-state index contributed by atoms with van der Waals surface area (Å²) in [4.78, 5) is 12.6. The molecule has 2 aliphatic rings. The summed E-state index contributed by atoms with van der Waals surface area (Å²) in [6.07, 6.45) is 8.06. The highest BCUT2D eigenvalue weighted by Crippen LogP contribution is 2.32. The molecule has 18 heavy (non-hydrogen) atoms. The summed E-state index contributed by atoms with van der Waals surface area (Å²) >= 11 is 0. The van der Waals surface area contributed by atoms with Crippen LogP contribution in [0.2, 0.25) is 0 Å². The second-order valence-corrected chi connectivity index (χ2v) is 6.40. The Bertz CT molecular complexity index is 284. The molecule has 0 bridgehead atoms. The summed E-state index contributed by atoms with van der Waals surface area (Å²) in [5, 5.41) is 6.70. The van der Waals surface area contributed by atoms with Gasteiger partial charge in [0.15, 0.2) is 0 Å². The van der Waals surface area contributed by atoms with Crippen LogP contribution >= 0.6 is 0 Å². The standard InChI is InChI=1S/C15H28N2O/c1-3-7-15(8-9-16-11-15)14(18)17-13-6-4-5-12(2)10-13/h12-13,16H,3-11H2,1-2H3,(H,17,18). The maximum atomic E-state index is 12.6. The van der Waals surface area contributed by atoms with E-state index in [2.05, 4.69) is 24.5 Å². The van der Waals surface area contributed by atoms with Crippen molar-refractivity contribution in [2.24, 2.45) is 11.3 Å². The molecule has 3 heteroatoms. The van der Waals surface area contributed by atoms with E-state index in [1.54, 1.807) is 0 Å². The van der Waals surface area contributed by atoms with Gasteiger partial charge in [0.25, 0.3) is 0 Å². The molecule has 1 aliphatic carbocycles. The molecule has 2 rings (SSSR count). The first-order valence-electron chi connectivity index (χ1n) is 7.68. The van der Waals surface area contributed by atoms with Crippen molar-refractivity contribution in [1.29, 1.82) is 0 Å². The molecule has 2 N–H and O–H groups in total. The molecule has 0 aromatic rings. The average molecular weight is 252 g/mol. The molecule has 0 aromatic carbocycles. The highest BCUT2D eigenvalue weighted by atomic mass is 16.2. The van der Waals surface area contributed by atoms with Crippen LogP contribution in [0.25, 0.3) is 0 Å². The SMILES string of the molecule is CCCC1(C(=O)NC2CCCC(C)C2)CCNC1. The summed E-state index contributed by atoms with van der Waals surface area (Å²) in [6.45, 7) is 6.34. The summed E-state index contributed by atoms with van der Waals surface area (Å²) in [7, 11) is 0. The number of carbonyl (C=O) groups is 1. The molecular formula is C15H28N2O. The third-order valence-electron chi connectivity index (χ3n) is 4.73. The minimum atomic E-state index is -0.116. The van der Waals surface area contributed by atoms with Crippen molar-refractivity contribution in [2.45, 2.75) is 64.8 Å². The number of nitrogens with one attached hydrogen (secondary N) is 2. The summed E-state index contributed by atoms with van der Waals surface area (Å²) < 4.78 is 0. The molecule has 1 amide bonds. The first kappa shape index (κ1) is 13.9. The number of carbonyl (C=O) groups excluding carboxylic acids is 1. The molecule has 0 radical (unpaired) electrons. The van der Waals surface area contributed by atoms with Crippen molar-refractivity contribution >= 4 is 5.91 Å². The van der Waals surface area contributed by atoms with Gasteiger partial charge < -0.3 is 10.6 Å². The molecule has 1 heterocycles. The van der Waals surface area contributed by atoms with Gasteiger partial charge in [0, 0.05) is 12.6 Å². The quantitative estimate of drug-likeness (QED) is 0.807. The number of rotatable bonds is 4. The van der Waals surface area contributed by atoms with Crippen LogP contribution in [-0.2, 0) is 4.79 Å². The van der Waals surface area contributed by atoms with Crippen molar-refractivity contribution in [3.05, 3.63) is 0 Å². The Morgan fingerprint density at radius 1 is 1.44 bits per heavy atom. The van der Waals surface area contributed by atoms with E-state index in [4.69, 9.17) is 0 Å². The first-order chi connectivity index (χ1) is 8.66. The van der Waals surface area contributed by atoms with E-state index in [0.717, 1.165) is 38.3 Å². The molecule has 2 fully saturated rings. The van der Waals surface area contributed by atoms with Gasteiger partial charge in [-0.25, -0.2) is 0 Å². The zero-order valence-corrected chi connectivity index (χ0v) is 11.9. The van der Waals surface area contributed by atoms with E-state index in [1.807, 2.05) is 0 Å². The van der Waals surface area contributed by atoms with E-state index in [1.165, 1.54) is 25.7 Å². The zero-order valence-electron chi connectivity index (χ0n) is 11.9. The smallest absolute Gasteiger partial charge is 0.227 e. The molecule has 104 valence electrons. The maximum absolute atomic E-state index is 12.6. The Balaban J connectivity index is 1.92. The third-order valence-corrected chi connectivity index (χ3v) is 4.73. The van der Waals surface area contributed by atoms with Crippen molar-refractivity contribution < 1.29 is 4.79 Å². The van der Waals surface area contributed by atoms with Gasteiger partial charge in [-0.2, -0.15) is 0 Å². The molecular weight excluding hydrogens is 224 g/mol. The minimum absolute atomic E-state index is 0.116. The minimum Gasteiger partial charge on any atom is -0.353 e. The lowest BCUT2D eigenvalue weighted by molar-refractivity contribution is -0.131. The lowest BCUT2D eigenvalue weighted by Gasteiger charge is -2.32. The molecule has 1 saturated heterocycles. The second kappa shape index (κ2) is 6.05. The fourth-order valence-electron chi connectivity index (χ4n) is 3.65. The van der Waals surface area contributed by atoms with Crippen LogP contribution in [0.4, 0.5) is 0 Å². The zero-order chi connectivity index (χ0) is 13.0. The molecule has 3 nitrogen and oxygen atoms in total. The van der Waals surface area contributed by atoms with Crippen LogP contribution < -0.4 is 10.6 Å². The van der Waals surface area contributed by atoms with Crippen molar-refractivity contribution in [2.75, 3.05) is 13.1 Å². The first-order valence-corrected chi connectivity index (χ1v) is 7.68. The molecule has 0 aromatic heterocycles. The Labute approximate surface area is 111 Å². The van der Waals surface area contributed by atoms with Gasteiger partial charge in [-0.05, 0) is 38.1 Å². The average Bonchev–Trinajstić information content (AvgIpc) is 2.79. The van der Waals surface area contributed by atoms with Crippen LogP contribution in [0.1, 0.15) is 58.8 Å². The maximum Gasteiger partial charge on any atom is 0.227 e. The third kappa shape index (κ3) is 3.05. The van der Waals surface area contributed by atoms with Crippen LogP contribution in [0.15, 0.2) is 0 Å². The Morgan fingerprint density at radius 2 is 2.28 bits per heavy atom. The fourth-order valence-corrected chi connectivity index (χ4v) is 3.65. The monoisotopic (exact) mass is 252 g/mol. The van der Waals surface area contributed by atoms with E-state index in [0.29, 0.717) is 11.9 Å². The van der Waals surface area contributed by atoms with Crippen molar-refractivity contribution in [3.63, 3.8) is 0 Å². The highest BCUT2D eigenvalue weighted by Gasteiger charge is 2.41. The van der Waals surface area contributed by atoms with E-state index in [9.17, 15) is 4.79 Å². The largest absolute Gasteiger partial charge is 0.353 e. The van der Waals surface area contributed by atoms with Gasteiger partial charge in [0.2, 0.25) is 5.91 Å². The van der Waals surface area contributed by atoms with E-state index < -0.39 is 0 Å². The predicted molar refractivity (Wildman–Crippen MR) is 74.4 cm³/mol. The van der Waals surface area contributed by atoms with Crippen LogP contribution in [0, 0.1) is 11.3 Å². The van der Waals surface area contributed by atoms with Gasteiger partial charge in [-0.15, -0.1) is 0 Å². The number of amides is 1. The van der Waals surface area contributed by atoms with Gasteiger partial charge in [-0.3, -0.25) is 4.79 Å². The van der Waals surface area contributed by atoms with Gasteiger partial charge in [0.1, 0.15) is 0 Å². The molecule has 1 aliphatic heterocycles. The summed E-state index contributed by atoms with van der Waals surface area (Å²) in [5.74, 6) is 1.08. The predicted octanol–water partition coefficient (Wildman–Crippen LogP) is 2.46. The van der Waals surface area contributed by atoms with Crippen LogP contribution in [-0.4, -0.2) is 25.0 Å². The molecule has 3 unspecified atom stereocenters. The second-order valence-electron chi connectivity index (χ2n) is 6.40. The van der Waals surface area contributed by atoms with Crippen LogP contribution in [0.3, 0.4) is 0 Å². The van der Waals surface area contributed by atoms with Gasteiger partial charge in [-0.1, -0.05) is 33.1 Å². The van der Waals surface area contributed by atoms with Gasteiger partial charge >= 0.3 is 0 Å². The van der Waals surface area contributed by atoms with E-state index >= 15 is 0 Å². The lowest BCUT2D eigenvalue weighted by atomic mass is 9.80. The molecule has 3 atom stereocenters. The number of hydrogen-bond acceptors (Lipinski definition) is 2. The molecule has 0 spiro atoms. The topological polar surface area (TPSA) is 41.1 Å². The summed E-state index contributed by atoms with van der Waals surface area (Å²) in [6, 6.07) is 0.426. The summed E-state index contributed by atoms with van der Waals surface area (Å²) in [5.41, 5.74) is -0.116. The van der Waals surface area contributed by atoms with Crippen molar-refractivity contribution in [3.8, 4) is 0 Å².